The second-order valence-electron chi connectivity index (χ2n) is 9.66. The molecule has 5 rings (SSSR count). The first-order chi connectivity index (χ1) is 17.2. The quantitative estimate of drug-likeness (QED) is 0.442. The van der Waals surface area contributed by atoms with Gasteiger partial charge in [0.15, 0.2) is 23.3 Å². The molecule has 36 heavy (non-hydrogen) atoms. The fourth-order valence-electron chi connectivity index (χ4n) is 4.92. The molecular formula is C27H27F3N4O2. The van der Waals surface area contributed by atoms with Crippen molar-refractivity contribution >= 4 is 11.9 Å². The van der Waals surface area contributed by atoms with Crippen LogP contribution in [0.5, 0.6) is 5.75 Å². The van der Waals surface area contributed by atoms with Crippen molar-refractivity contribution in [2.75, 3.05) is 20.3 Å². The molecule has 1 aromatic heterocycles. The molecule has 0 saturated carbocycles. The molecule has 6 nitrogen and oxygen atoms in total. The van der Waals surface area contributed by atoms with Gasteiger partial charge < -0.3 is 19.0 Å². The van der Waals surface area contributed by atoms with Crippen LogP contribution in [0.3, 0.4) is 0 Å². The third-order valence-corrected chi connectivity index (χ3v) is 6.84. The molecule has 3 heterocycles. The zero-order valence-electron chi connectivity index (χ0n) is 20.6. The van der Waals surface area contributed by atoms with Crippen LogP contribution >= 0.6 is 0 Å². The highest BCUT2D eigenvalue weighted by Gasteiger charge is 2.44. The Kier molecular flexibility index (Phi) is 6.02. The topological polar surface area (TPSA) is 51.9 Å². The van der Waals surface area contributed by atoms with Gasteiger partial charge in [0.25, 0.3) is 0 Å². The minimum absolute atomic E-state index is 0.0772. The second kappa shape index (κ2) is 9.04. The number of benzene rings is 2. The summed E-state index contributed by atoms with van der Waals surface area (Å²) >= 11 is 0. The van der Waals surface area contributed by atoms with Crippen LogP contribution < -0.4 is 4.74 Å². The minimum Gasteiger partial charge on any atom is -0.495 e. The zero-order chi connectivity index (χ0) is 25.6. The van der Waals surface area contributed by atoms with Gasteiger partial charge in [-0.25, -0.2) is 18.2 Å². The minimum atomic E-state index is -1.48. The molecule has 1 fully saturated rings. The Morgan fingerprint density at radius 2 is 1.92 bits per heavy atom. The van der Waals surface area contributed by atoms with Gasteiger partial charge in [-0.1, -0.05) is 18.1 Å². The standard InChI is InChI=1S/C27H27F3N4O2/c1-16-7-19(8-18-5-6-23(24(9-18)35-4)33-13-17(2)31-15-33)26-32-36-14-27(3,34(26)12-16)20-10-21(28)25(30)22(29)11-20/h5-6,8-11,13,15-16H,7,12,14H2,1-4H3/b19-8-. The summed E-state index contributed by atoms with van der Waals surface area (Å²) in [5.74, 6) is -2.42. The SMILES string of the molecule is COc1cc(/C=C2/CC(C)CN3C2=NOCC3(C)c2cc(F)c(F)c(F)c2)ccc1-n1cnc(C)c1. The highest BCUT2D eigenvalue weighted by molar-refractivity contribution is 6.03. The molecule has 0 radical (unpaired) electrons. The molecule has 0 amide bonds. The Hall–Kier alpha value is -3.75. The molecule has 2 atom stereocenters. The molecule has 0 spiro atoms. The summed E-state index contributed by atoms with van der Waals surface area (Å²) in [4.78, 5) is 11.9. The summed E-state index contributed by atoms with van der Waals surface area (Å²) < 4.78 is 49.5. The maximum absolute atomic E-state index is 14.1. The van der Waals surface area contributed by atoms with Gasteiger partial charge in [0.05, 0.1) is 24.8 Å². The lowest BCUT2D eigenvalue weighted by Gasteiger charge is -2.49. The van der Waals surface area contributed by atoms with Crippen molar-refractivity contribution in [3.8, 4) is 11.4 Å². The van der Waals surface area contributed by atoms with Crippen molar-refractivity contribution in [1.82, 2.24) is 14.5 Å². The lowest BCUT2D eigenvalue weighted by Crippen LogP contribution is -2.57. The molecule has 0 bridgehead atoms. The van der Waals surface area contributed by atoms with E-state index in [1.54, 1.807) is 13.4 Å². The second-order valence-corrected chi connectivity index (χ2v) is 9.66. The number of ether oxygens (including phenoxy) is 1. The Balaban J connectivity index is 1.53. The van der Waals surface area contributed by atoms with Crippen molar-refractivity contribution in [2.45, 2.75) is 32.7 Å². The van der Waals surface area contributed by atoms with Crippen LogP contribution in [0.25, 0.3) is 11.8 Å². The maximum atomic E-state index is 14.1. The number of fused-ring (bicyclic) bond motifs is 1. The molecule has 2 aliphatic heterocycles. The van der Waals surface area contributed by atoms with E-state index in [-0.39, 0.29) is 12.5 Å². The van der Waals surface area contributed by atoms with E-state index in [9.17, 15) is 13.2 Å². The lowest BCUT2D eigenvalue weighted by atomic mass is 9.84. The van der Waals surface area contributed by atoms with E-state index in [2.05, 4.69) is 17.1 Å². The van der Waals surface area contributed by atoms with Crippen LogP contribution in [0.1, 0.15) is 37.1 Å². The summed E-state index contributed by atoms with van der Waals surface area (Å²) in [5, 5.41) is 4.33. The van der Waals surface area contributed by atoms with Gasteiger partial charge in [-0.15, -0.1) is 0 Å². The van der Waals surface area contributed by atoms with Crippen LogP contribution in [-0.4, -0.2) is 40.5 Å². The van der Waals surface area contributed by atoms with Gasteiger partial charge >= 0.3 is 0 Å². The van der Waals surface area contributed by atoms with Gasteiger partial charge in [0.2, 0.25) is 0 Å². The molecule has 0 aliphatic carbocycles. The highest BCUT2D eigenvalue weighted by atomic mass is 19.2. The number of piperidine rings is 1. The van der Waals surface area contributed by atoms with Crippen molar-refractivity contribution in [3.63, 3.8) is 0 Å². The number of aromatic nitrogens is 2. The van der Waals surface area contributed by atoms with E-state index >= 15 is 0 Å². The van der Waals surface area contributed by atoms with Crippen molar-refractivity contribution < 1.29 is 22.7 Å². The third kappa shape index (κ3) is 4.12. The number of rotatable bonds is 4. The van der Waals surface area contributed by atoms with Gasteiger partial charge in [-0.05, 0) is 73.2 Å². The van der Waals surface area contributed by atoms with Crippen molar-refractivity contribution in [2.24, 2.45) is 11.1 Å². The summed E-state index contributed by atoms with van der Waals surface area (Å²) in [5.41, 5.74) is 2.97. The number of halogens is 3. The van der Waals surface area contributed by atoms with E-state index < -0.39 is 23.0 Å². The number of hydrogen-bond donors (Lipinski definition) is 0. The predicted molar refractivity (Wildman–Crippen MR) is 130 cm³/mol. The number of nitrogens with zero attached hydrogens (tertiary/aromatic N) is 4. The summed E-state index contributed by atoms with van der Waals surface area (Å²) in [6, 6.07) is 7.96. The molecule has 3 aromatic rings. The Morgan fingerprint density at radius 1 is 1.17 bits per heavy atom. The van der Waals surface area contributed by atoms with Gasteiger partial charge in [0, 0.05) is 12.7 Å². The molecular weight excluding hydrogens is 469 g/mol. The molecule has 2 unspecified atom stereocenters. The van der Waals surface area contributed by atoms with E-state index in [0.29, 0.717) is 23.7 Å². The number of oxime groups is 1. The lowest BCUT2D eigenvalue weighted by molar-refractivity contribution is -0.00365. The number of methoxy groups -OCH3 is 1. The average Bonchev–Trinajstić information content (AvgIpc) is 3.28. The van der Waals surface area contributed by atoms with E-state index in [4.69, 9.17) is 9.57 Å². The van der Waals surface area contributed by atoms with Crippen LogP contribution in [-0.2, 0) is 10.4 Å². The van der Waals surface area contributed by atoms with Crippen LogP contribution in [0.15, 0.2) is 53.6 Å². The normalized spacial score (nSPS) is 22.8. The highest BCUT2D eigenvalue weighted by Crippen LogP contribution is 2.40. The van der Waals surface area contributed by atoms with Gasteiger partial charge in [0.1, 0.15) is 17.9 Å². The fourth-order valence-corrected chi connectivity index (χ4v) is 4.92. The zero-order valence-corrected chi connectivity index (χ0v) is 20.6. The van der Waals surface area contributed by atoms with Gasteiger partial charge in [-0.2, -0.15) is 0 Å². The van der Waals surface area contributed by atoms with E-state index in [1.165, 1.54) is 0 Å². The van der Waals surface area contributed by atoms with E-state index in [1.807, 2.05) is 53.8 Å². The Morgan fingerprint density at radius 3 is 2.58 bits per heavy atom. The van der Waals surface area contributed by atoms with Gasteiger partial charge in [-0.3, -0.25) is 0 Å². The predicted octanol–water partition coefficient (Wildman–Crippen LogP) is 5.59. The molecule has 1 saturated heterocycles. The van der Waals surface area contributed by atoms with Crippen LogP contribution in [0.4, 0.5) is 13.2 Å². The molecule has 188 valence electrons. The summed E-state index contributed by atoms with van der Waals surface area (Å²) in [7, 11) is 1.62. The van der Waals surface area contributed by atoms with Crippen molar-refractivity contribution in [1.29, 1.82) is 0 Å². The first-order valence-corrected chi connectivity index (χ1v) is 11.7. The maximum Gasteiger partial charge on any atom is 0.194 e. The van der Waals surface area contributed by atoms with E-state index in [0.717, 1.165) is 41.1 Å². The number of hydrogen-bond acceptors (Lipinski definition) is 5. The average molecular weight is 497 g/mol. The number of imidazole rings is 1. The molecule has 0 N–H and O–H groups in total. The molecule has 2 aromatic carbocycles. The summed E-state index contributed by atoms with van der Waals surface area (Å²) in [6.07, 6.45) is 6.42. The first-order valence-electron chi connectivity index (χ1n) is 11.7. The van der Waals surface area contributed by atoms with Crippen molar-refractivity contribution in [3.05, 3.63) is 82.7 Å². The monoisotopic (exact) mass is 496 g/mol. The smallest absolute Gasteiger partial charge is 0.194 e. The molecule has 2 aliphatic rings. The Labute approximate surface area is 207 Å². The molecule has 9 heteroatoms. The van der Waals surface area contributed by atoms with Crippen LogP contribution in [0, 0.1) is 30.3 Å². The largest absolute Gasteiger partial charge is 0.495 e. The summed E-state index contributed by atoms with van der Waals surface area (Å²) in [6.45, 7) is 6.55. The van der Waals surface area contributed by atoms with Crippen LogP contribution in [0.2, 0.25) is 0 Å². The first kappa shape index (κ1) is 24.0. The number of aryl methyl sites for hydroxylation is 1. The fraction of sp³-hybridized carbons (Fsp3) is 0.333. The number of amidine groups is 1. The third-order valence-electron chi connectivity index (χ3n) is 6.84. The Bertz CT molecular complexity index is 1360.